The molecule has 7 heteroatoms. The Morgan fingerprint density at radius 2 is 1.86 bits per heavy atom. The summed E-state index contributed by atoms with van der Waals surface area (Å²) in [5.74, 6) is 0.907. The van der Waals surface area contributed by atoms with E-state index in [2.05, 4.69) is 41.3 Å². The van der Waals surface area contributed by atoms with E-state index in [1.54, 1.807) is 0 Å². The maximum atomic E-state index is 5.71. The van der Waals surface area contributed by atoms with E-state index in [9.17, 15) is 0 Å². The third-order valence-electron chi connectivity index (χ3n) is 5.60. The minimum absolute atomic E-state index is 0.324. The lowest BCUT2D eigenvalue weighted by Crippen LogP contribution is -2.35. The molecule has 1 saturated heterocycles. The van der Waals surface area contributed by atoms with Crippen LogP contribution in [0.4, 0.5) is 0 Å². The minimum atomic E-state index is 0.324. The first-order chi connectivity index (χ1) is 14.2. The van der Waals surface area contributed by atoms with E-state index < -0.39 is 0 Å². The van der Waals surface area contributed by atoms with Crippen molar-refractivity contribution in [2.75, 3.05) is 6.54 Å². The Labute approximate surface area is 179 Å². The molecule has 2 aromatic carbocycles. The van der Waals surface area contributed by atoms with Gasteiger partial charge in [0.1, 0.15) is 5.01 Å². The van der Waals surface area contributed by atoms with Crippen LogP contribution in [0.5, 0.6) is 0 Å². The van der Waals surface area contributed by atoms with Crippen molar-refractivity contribution in [2.45, 2.75) is 32.0 Å². The Morgan fingerprint density at radius 1 is 1.07 bits per heavy atom. The van der Waals surface area contributed by atoms with Gasteiger partial charge in [-0.2, -0.15) is 5.10 Å². The van der Waals surface area contributed by atoms with Crippen molar-refractivity contribution in [1.29, 1.82) is 0 Å². The molecule has 1 atom stereocenters. The third-order valence-corrected chi connectivity index (χ3v) is 7.22. The molecular weight excluding hydrogens is 398 g/mol. The zero-order valence-corrected chi connectivity index (χ0v) is 18.0. The molecule has 0 aliphatic carbocycles. The second-order valence-electron chi connectivity index (χ2n) is 7.52. The molecule has 0 spiro atoms. The van der Waals surface area contributed by atoms with E-state index in [0.29, 0.717) is 12.7 Å². The van der Waals surface area contributed by atoms with Crippen LogP contribution in [0.3, 0.4) is 0 Å². The average molecular weight is 422 g/mol. The second-order valence-corrected chi connectivity index (χ2v) is 8.94. The molecule has 0 saturated carbocycles. The van der Waals surface area contributed by atoms with E-state index in [-0.39, 0.29) is 0 Å². The first-order valence-corrected chi connectivity index (χ1v) is 11.2. The topological polar surface area (TPSA) is 38.9 Å². The first-order valence-electron chi connectivity index (χ1n) is 9.99. The summed E-state index contributed by atoms with van der Waals surface area (Å²) < 4.78 is 5.97. The van der Waals surface area contributed by atoms with E-state index in [1.165, 1.54) is 22.5 Å². The van der Waals surface area contributed by atoms with Gasteiger partial charge in [-0.1, -0.05) is 48.9 Å². The van der Waals surface area contributed by atoms with Gasteiger partial charge in [0.25, 0.3) is 0 Å². The van der Waals surface area contributed by atoms with Crippen LogP contribution in [0.15, 0.2) is 54.6 Å². The van der Waals surface area contributed by atoms with Crippen molar-refractivity contribution in [3.8, 4) is 11.4 Å². The zero-order chi connectivity index (χ0) is 19.8. The molecule has 1 aliphatic heterocycles. The maximum Gasteiger partial charge on any atom is 0.199 e. The number of hydrogen-bond donors (Lipinski definition) is 0. The molecule has 2 aromatic heterocycles. The number of rotatable bonds is 4. The molecule has 1 aliphatic rings. The molecule has 1 fully saturated rings. The third kappa shape index (κ3) is 3.54. The Bertz CT molecular complexity index is 1160. The average Bonchev–Trinajstić information content (AvgIpc) is 3.31. The summed E-state index contributed by atoms with van der Waals surface area (Å²) in [5.41, 5.74) is 2.18. The zero-order valence-electron chi connectivity index (χ0n) is 16.4. The smallest absolute Gasteiger partial charge is 0.199 e. The van der Waals surface area contributed by atoms with Gasteiger partial charge in [-0.15, -0.1) is 11.3 Å². The van der Waals surface area contributed by atoms with Crippen molar-refractivity contribution < 1.29 is 0 Å². The van der Waals surface area contributed by atoms with Crippen molar-refractivity contribution in [3.63, 3.8) is 0 Å². The van der Waals surface area contributed by atoms with Gasteiger partial charge >= 0.3 is 0 Å². The molecular formula is C22H23N5S2. The van der Waals surface area contributed by atoms with Crippen LogP contribution < -0.4 is 0 Å². The lowest BCUT2D eigenvalue weighted by Gasteiger charge is -2.34. The molecule has 0 radical (unpaired) electrons. The predicted octanol–water partition coefficient (Wildman–Crippen LogP) is 5.41. The monoisotopic (exact) mass is 421 g/mol. The van der Waals surface area contributed by atoms with Crippen LogP contribution in [0.1, 0.15) is 30.3 Å². The van der Waals surface area contributed by atoms with Gasteiger partial charge in [0, 0.05) is 19.2 Å². The highest BCUT2D eigenvalue weighted by molar-refractivity contribution is 7.71. The highest BCUT2D eigenvalue weighted by Gasteiger charge is 2.27. The van der Waals surface area contributed by atoms with Gasteiger partial charge in [0.05, 0.1) is 22.9 Å². The summed E-state index contributed by atoms with van der Waals surface area (Å²) in [5, 5.41) is 6.07. The predicted molar refractivity (Wildman–Crippen MR) is 120 cm³/mol. The molecule has 148 valence electrons. The number of piperidine rings is 1. The SMILES string of the molecule is Cn1c(-c2ccccc2)nn(CN2CCCC[C@@H]2c2nc3ccccc3s2)c1=S. The first kappa shape index (κ1) is 18.7. The quantitative estimate of drug-likeness (QED) is 0.413. The Kier molecular flexibility index (Phi) is 5.03. The molecule has 0 N–H and O–H groups in total. The van der Waals surface area contributed by atoms with E-state index >= 15 is 0 Å². The van der Waals surface area contributed by atoms with Gasteiger partial charge < -0.3 is 4.57 Å². The van der Waals surface area contributed by atoms with Crippen molar-refractivity contribution in [1.82, 2.24) is 24.2 Å². The van der Waals surface area contributed by atoms with E-state index in [1.807, 2.05) is 45.8 Å². The van der Waals surface area contributed by atoms with E-state index in [4.69, 9.17) is 22.3 Å². The number of aromatic nitrogens is 4. The number of fused-ring (bicyclic) bond motifs is 1. The van der Waals surface area contributed by atoms with Crippen LogP contribution >= 0.6 is 23.6 Å². The van der Waals surface area contributed by atoms with Crippen molar-refractivity contribution >= 4 is 33.8 Å². The van der Waals surface area contributed by atoms with Crippen LogP contribution in [0, 0.1) is 4.77 Å². The van der Waals surface area contributed by atoms with Gasteiger partial charge in [-0.05, 0) is 37.2 Å². The van der Waals surface area contributed by atoms with Crippen molar-refractivity contribution in [3.05, 3.63) is 64.4 Å². The van der Waals surface area contributed by atoms with Crippen LogP contribution in [-0.4, -0.2) is 30.8 Å². The largest absolute Gasteiger partial charge is 0.303 e. The molecule has 0 bridgehead atoms. The summed E-state index contributed by atoms with van der Waals surface area (Å²) >= 11 is 7.53. The second kappa shape index (κ2) is 7.82. The summed E-state index contributed by atoms with van der Waals surface area (Å²) in [6.45, 7) is 1.74. The number of benzene rings is 2. The molecule has 0 unspecified atom stereocenters. The molecule has 5 rings (SSSR count). The maximum absolute atomic E-state index is 5.71. The molecule has 4 aromatic rings. The molecule has 0 amide bonds. The fraction of sp³-hybridized carbons (Fsp3) is 0.318. The highest BCUT2D eigenvalue weighted by Crippen LogP contribution is 2.36. The Balaban J connectivity index is 1.46. The number of thiazole rings is 1. The van der Waals surface area contributed by atoms with Gasteiger partial charge in [0.2, 0.25) is 0 Å². The van der Waals surface area contributed by atoms with Gasteiger partial charge in [-0.3, -0.25) is 4.90 Å². The van der Waals surface area contributed by atoms with E-state index in [0.717, 1.165) is 34.6 Å². The van der Waals surface area contributed by atoms with Gasteiger partial charge in [-0.25, -0.2) is 9.67 Å². The summed E-state index contributed by atoms with van der Waals surface area (Å²) in [4.78, 5) is 7.42. The fourth-order valence-corrected chi connectivity index (χ4v) is 5.39. The number of para-hydroxylation sites is 1. The lowest BCUT2D eigenvalue weighted by molar-refractivity contribution is 0.103. The fourth-order valence-electron chi connectivity index (χ4n) is 4.06. The Morgan fingerprint density at radius 3 is 2.69 bits per heavy atom. The number of nitrogens with zero attached hydrogens (tertiary/aromatic N) is 5. The highest BCUT2D eigenvalue weighted by atomic mass is 32.1. The lowest BCUT2D eigenvalue weighted by atomic mass is 10.0. The number of likely N-dealkylation sites (tertiary alicyclic amines) is 1. The van der Waals surface area contributed by atoms with Crippen molar-refractivity contribution in [2.24, 2.45) is 7.05 Å². The molecule has 3 heterocycles. The molecule has 29 heavy (non-hydrogen) atoms. The Hall–Kier alpha value is -2.35. The van der Waals surface area contributed by atoms with Crippen LogP contribution in [-0.2, 0) is 13.7 Å². The molecule has 5 nitrogen and oxygen atoms in total. The number of hydrogen-bond acceptors (Lipinski definition) is 5. The van der Waals surface area contributed by atoms with Gasteiger partial charge in [0.15, 0.2) is 10.6 Å². The summed E-state index contributed by atoms with van der Waals surface area (Å²) in [7, 11) is 2.00. The summed E-state index contributed by atoms with van der Waals surface area (Å²) in [6, 6.07) is 19.0. The minimum Gasteiger partial charge on any atom is -0.303 e. The standard InChI is InChI=1S/C22H23N5S2/c1-25-20(16-9-3-2-4-10-16)24-27(22(25)28)15-26-14-8-7-12-18(26)21-23-17-11-5-6-13-19(17)29-21/h2-6,9-11,13,18H,7-8,12,14-15H2,1H3/t18-/m1/s1. The summed E-state index contributed by atoms with van der Waals surface area (Å²) in [6.07, 6.45) is 3.57. The normalized spacial score (nSPS) is 17.8. The van der Waals surface area contributed by atoms with Crippen LogP contribution in [0.2, 0.25) is 0 Å². The van der Waals surface area contributed by atoms with Crippen LogP contribution in [0.25, 0.3) is 21.6 Å².